The highest BCUT2D eigenvalue weighted by Gasteiger charge is 2.45. The summed E-state index contributed by atoms with van der Waals surface area (Å²) in [5, 5.41) is 14.1. The Hall–Kier alpha value is -2.82. The molecule has 0 saturated carbocycles. The van der Waals surface area contributed by atoms with Crippen molar-refractivity contribution < 1.29 is 13.2 Å². The number of aliphatic imine (C=N–C) groups is 1. The summed E-state index contributed by atoms with van der Waals surface area (Å²) in [7, 11) is 1.84. The van der Waals surface area contributed by atoms with E-state index in [9.17, 15) is 13.2 Å². The third-order valence-electron chi connectivity index (χ3n) is 4.75. The molecule has 0 bridgehead atoms. The van der Waals surface area contributed by atoms with Crippen molar-refractivity contribution >= 4 is 11.6 Å². The van der Waals surface area contributed by atoms with Gasteiger partial charge >= 0.3 is 6.18 Å². The highest BCUT2D eigenvalue weighted by atomic mass is 19.4. The fourth-order valence-electron chi connectivity index (χ4n) is 3.13. The summed E-state index contributed by atoms with van der Waals surface area (Å²) in [6.07, 6.45) is 1.53. The van der Waals surface area contributed by atoms with Gasteiger partial charge in [-0.05, 0) is 27.7 Å². The molecular formula is C17H23F3N8. The molecule has 11 heteroatoms. The molecule has 152 valence electrons. The summed E-state index contributed by atoms with van der Waals surface area (Å²) in [5.74, 6) is 0.111. The molecule has 0 amide bonds. The van der Waals surface area contributed by atoms with Gasteiger partial charge in [0.2, 0.25) is 5.96 Å². The molecule has 2 aromatic heterocycles. The predicted molar refractivity (Wildman–Crippen MR) is 99.5 cm³/mol. The lowest BCUT2D eigenvalue weighted by Crippen LogP contribution is -2.49. The summed E-state index contributed by atoms with van der Waals surface area (Å²) in [6.45, 7) is 7.06. The first-order chi connectivity index (χ1) is 12.8. The SMILES string of the molecule is Cc1c(NC2=NC(C)(N)C(C(F)(F)F)=CN2)cnn1C(C)(C)c1cnn(C)c1. The minimum atomic E-state index is -4.57. The number of rotatable bonds is 3. The van der Waals surface area contributed by atoms with Crippen LogP contribution in [0.25, 0.3) is 0 Å². The number of hydrogen-bond acceptors (Lipinski definition) is 6. The van der Waals surface area contributed by atoms with Crippen molar-refractivity contribution in [2.45, 2.75) is 45.1 Å². The summed E-state index contributed by atoms with van der Waals surface area (Å²) in [6, 6.07) is 0. The molecule has 0 saturated heterocycles. The molecule has 8 nitrogen and oxygen atoms in total. The second kappa shape index (κ2) is 6.36. The van der Waals surface area contributed by atoms with E-state index in [2.05, 4.69) is 25.8 Å². The molecule has 1 aliphatic heterocycles. The number of hydrogen-bond donors (Lipinski definition) is 3. The van der Waals surface area contributed by atoms with E-state index in [0.29, 0.717) is 5.69 Å². The Kier molecular flexibility index (Phi) is 4.53. The summed E-state index contributed by atoms with van der Waals surface area (Å²) < 4.78 is 42.7. The number of aromatic nitrogens is 4. The number of nitrogens with two attached hydrogens (primary N) is 1. The fourth-order valence-corrected chi connectivity index (χ4v) is 3.13. The van der Waals surface area contributed by atoms with Crippen LogP contribution >= 0.6 is 0 Å². The molecule has 28 heavy (non-hydrogen) atoms. The Morgan fingerprint density at radius 2 is 1.89 bits per heavy atom. The zero-order valence-electron chi connectivity index (χ0n) is 16.3. The van der Waals surface area contributed by atoms with Gasteiger partial charge in [-0.1, -0.05) is 0 Å². The minimum Gasteiger partial charge on any atom is -0.332 e. The van der Waals surface area contributed by atoms with Gasteiger partial charge in [0.25, 0.3) is 0 Å². The van der Waals surface area contributed by atoms with E-state index in [1.165, 1.54) is 6.92 Å². The summed E-state index contributed by atoms with van der Waals surface area (Å²) >= 11 is 0. The minimum absolute atomic E-state index is 0.111. The zero-order valence-corrected chi connectivity index (χ0v) is 16.3. The number of nitrogens with one attached hydrogen (secondary N) is 2. The smallest absolute Gasteiger partial charge is 0.332 e. The maximum atomic E-state index is 13.1. The number of alkyl halides is 3. The van der Waals surface area contributed by atoms with Crippen molar-refractivity contribution in [3.63, 3.8) is 0 Å². The van der Waals surface area contributed by atoms with Gasteiger partial charge in [0.05, 0.1) is 34.9 Å². The molecule has 3 heterocycles. The Morgan fingerprint density at radius 3 is 2.43 bits per heavy atom. The van der Waals surface area contributed by atoms with Crippen molar-refractivity contribution in [2.75, 3.05) is 5.32 Å². The first-order valence-corrected chi connectivity index (χ1v) is 8.57. The monoisotopic (exact) mass is 396 g/mol. The number of guanidine groups is 1. The highest BCUT2D eigenvalue weighted by Crippen LogP contribution is 2.34. The van der Waals surface area contributed by atoms with Gasteiger partial charge in [0.1, 0.15) is 5.66 Å². The van der Waals surface area contributed by atoms with Gasteiger partial charge in [-0.15, -0.1) is 0 Å². The molecule has 2 aromatic rings. The maximum Gasteiger partial charge on any atom is 0.417 e. The van der Waals surface area contributed by atoms with Crippen LogP contribution in [0.4, 0.5) is 18.9 Å². The van der Waals surface area contributed by atoms with E-state index in [0.717, 1.165) is 17.5 Å². The van der Waals surface area contributed by atoms with Crippen LogP contribution in [-0.4, -0.2) is 37.4 Å². The maximum absolute atomic E-state index is 13.1. The van der Waals surface area contributed by atoms with Crippen LogP contribution in [-0.2, 0) is 12.6 Å². The van der Waals surface area contributed by atoms with E-state index in [4.69, 9.17) is 5.73 Å². The number of nitrogens with zero attached hydrogens (tertiary/aromatic N) is 5. The van der Waals surface area contributed by atoms with Crippen LogP contribution in [0.1, 0.15) is 32.0 Å². The Morgan fingerprint density at radius 1 is 1.21 bits per heavy atom. The summed E-state index contributed by atoms with van der Waals surface area (Å²) in [4.78, 5) is 3.96. The van der Waals surface area contributed by atoms with E-state index >= 15 is 0 Å². The molecule has 1 unspecified atom stereocenters. The van der Waals surface area contributed by atoms with Gasteiger partial charge in [0, 0.05) is 25.0 Å². The van der Waals surface area contributed by atoms with Crippen molar-refractivity contribution in [3.8, 4) is 0 Å². The molecule has 0 radical (unpaired) electrons. The van der Waals surface area contributed by atoms with E-state index in [1.807, 2.05) is 38.7 Å². The Labute approximate surface area is 160 Å². The highest BCUT2D eigenvalue weighted by molar-refractivity contribution is 5.95. The molecule has 0 fully saturated rings. The van der Waals surface area contributed by atoms with E-state index in [-0.39, 0.29) is 5.96 Å². The summed E-state index contributed by atoms with van der Waals surface area (Å²) in [5.41, 5.74) is 4.78. The zero-order chi connectivity index (χ0) is 20.9. The van der Waals surface area contributed by atoms with Crippen LogP contribution in [0.15, 0.2) is 35.4 Å². The van der Waals surface area contributed by atoms with Gasteiger partial charge in [-0.2, -0.15) is 23.4 Å². The van der Waals surface area contributed by atoms with Crippen molar-refractivity contribution in [1.82, 2.24) is 24.9 Å². The fraction of sp³-hybridized carbons (Fsp3) is 0.471. The van der Waals surface area contributed by atoms with E-state index in [1.54, 1.807) is 17.1 Å². The molecule has 0 aliphatic carbocycles. The van der Waals surface area contributed by atoms with Crippen molar-refractivity contribution in [3.05, 3.63) is 41.6 Å². The van der Waals surface area contributed by atoms with Crippen LogP contribution < -0.4 is 16.4 Å². The normalized spacial score (nSPS) is 20.5. The topological polar surface area (TPSA) is 98.1 Å². The Balaban J connectivity index is 1.85. The second-order valence-electron chi connectivity index (χ2n) is 7.45. The molecule has 3 rings (SSSR count). The van der Waals surface area contributed by atoms with Crippen LogP contribution in [0.3, 0.4) is 0 Å². The van der Waals surface area contributed by atoms with Crippen LogP contribution in [0, 0.1) is 6.92 Å². The molecule has 0 aromatic carbocycles. The molecule has 0 spiro atoms. The predicted octanol–water partition coefficient (Wildman–Crippen LogP) is 2.20. The molecule has 4 N–H and O–H groups in total. The standard InChI is InChI=1S/C17H23F3N8/c1-10-12(7-24-28(10)15(2,3)11-6-23-27(5)9-11)25-14-22-8-13(17(18,19)20)16(4,21)26-14/h6-9H,21H2,1-5H3,(H2,22,25,26). The molecule has 1 atom stereocenters. The number of aryl methyl sites for hydroxylation is 1. The van der Waals surface area contributed by atoms with Crippen molar-refractivity contribution in [1.29, 1.82) is 0 Å². The average Bonchev–Trinajstić information content (AvgIpc) is 3.13. The van der Waals surface area contributed by atoms with Gasteiger partial charge < -0.3 is 16.4 Å². The third-order valence-corrected chi connectivity index (χ3v) is 4.75. The average molecular weight is 396 g/mol. The largest absolute Gasteiger partial charge is 0.417 e. The quantitative estimate of drug-likeness (QED) is 0.739. The third kappa shape index (κ3) is 3.49. The number of anilines is 1. The van der Waals surface area contributed by atoms with Gasteiger partial charge in [0.15, 0.2) is 0 Å². The van der Waals surface area contributed by atoms with E-state index < -0.39 is 23.0 Å². The molecule has 1 aliphatic rings. The first kappa shape index (κ1) is 19.9. The lowest BCUT2D eigenvalue weighted by molar-refractivity contribution is -0.100. The Bertz CT molecular complexity index is 946. The first-order valence-electron chi connectivity index (χ1n) is 8.57. The lowest BCUT2D eigenvalue weighted by atomic mass is 9.98. The van der Waals surface area contributed by atoms with Crippen molar-refractivity contribution in [2.24, 2.45) is 17.8 Å². The second-order valence-corrected chi connectivity index (χ2v) is 7.45. The van der Waals surface area contributed by atoms with Crippen LogP contribution in [0.2, 0.25) is 0 Å². The van der Waals surface area contributed by atoms with Gasteiger partial charge in [-0.25, -0.2) is 4.99 Å². The lowest BCUT2D eigenvalue weighted by Gasteiger charge is -2.30. The van der Waals surface area contributed by atoms with Gasteiger partial charge in [-0.3, -0.25) is 9.36 Å². The molecular weight excluding hydrogens is 373 g/mol. The van der Waals surface area contributed by atoms with Crippen LogP contribution in [0.5, 0.6) is 0 Å². The number of halogens is 3.